The van der Waals surface area contributed by atoms with Crippen molar-refractivity contribution in [2.24, 2.45) is 0 Å². The molecule has 20 nitrogen and oxygen atoms in total. The van der Waals surface area contributed by atoms with Gasteiger partial charge in [0.15, 0.2) is 23.3 Å². The van der Waals surface area contributed by atoms with E-state index >= 15 is 0 Å². The Balaban J connectivity index is 0.000000235. The lowest BCUT2D eigenvalue weighted by atomic mass is 9.96. The number of carbonyl (C=O) groups is 4. The molecule has 0 radical (unpaired) electrons. The number of non-ortho nitro benzene ring substituents is 2. The minimum absolute atomic E-state index is 0.00279. The van der Waals surface area contributed by atoms with E-state index in [2.05, 4.69) is 92.0 Å². The predicted molar refractivity (Wildman–Crippen MR) is 253 cm³/mol. The second kappa shape index (κ2) is 25.9. The molecule has 2 aliphatic rings. The second-order valence-electron chi connectivity index (χ2n) is 13.4. The van der Waals surface area contributed by atoms with E-state index in [4.69, 9.17) is 21.3 Å². The summed E-state index contributed by atoms with van der Waals surface area (Å²) in [5.74, 6) is -5.83. The standard InChI is InChI=1S/C18H15F2N3O6.C16H12ClF2N3O4.C4H4I2N2.C2H3ClO2/c1-28-18(25)22-15-4-5-29-16-11(15)7-10(23(26)27)8-12(16)17(24)21-9-2-3-13(19)14(20)6-9;17-21-14-3-4-26-15-10(14)6-9(22(24)25)7-11(15)16(23)20-8-1-2-12(18)13(19)5-8;5-4(6)8-2-1-7-3-8;1-5-2(3)4/h2-3,6-8,15H,4-5H2,1H3,(H,21,24)(H,22,25);1-2,5-7,14,21H,3-4H2,(H,20,23);1-4H;1H3/t15-;14-;;/m00../s1. The summed E-state index contributed by atoms with van der Waals surface area (Å²) >= 11 is 14.9. The Morgan fingerprint density at radius 2 is 1.22 bits per heavy atom. The number of nitro benzene ring substituents is 2. The van der Waals surface area contributed by atoms with E-state index in [1.54, 1.807) is 6.20 Å². The van der Waals surface area contributed by atoms with Crippen LogP contribution in [0.5, 0.6) is 11.5 Å². The topological polar surface area (TPSA) is 257 Å². The van der Waals surface area contributed by atoms with Crippen molar-refractivity contribution in [1.29, 1.82) is 0 Å². The minimum atomic E-state index is -1.16. The van der Waals surface area contributed by atoms with E-state index < -0.39 is 74.2 Å². The van der Waals surface area contributed by atoms with Crippen molar-refractivity contribution in [3.8, 4) is 11.5 Å². The lowest BCUT2D eigenvalue weighted by Crippen LogP contribution is -2.32. The number of nitrogens with one attached hydrogen (secondary N) is 4. The summed E-state index contributed by atoms with van der Waals surface area (Å²) in [7, 11) is 2.39. The number of imidazole rings is 1. The van der Waals surface area contributed by atoms with Gasteiger partial charge >= 0.3 is 11.5 Å². The number of hydrogen-bond acceptors (Lipinski definition) is 14. The van der Waals surface area contributed by atoms with Crippen LogP contribution in [-0.4, -0.2) is 70.2 Å². The lowest BCUT2D eigenvalue weighted by molar-refractivity contribution is -0.385. The molecular weight excluding hydrogens is 1190 g/mol. The van der Waals surface area contributed by atoms with Crippen LogP contribution < -0.4 is 30.3 Å². The van der Waals surface area contributed by atoms with Gasteiger partial charge in [-0.05, 0) is 81.2 Å². The zero-order chi connectivity index (χ0) is 50.2. The number of rotatable bonds is 9. The van der Waals surface area contributed by atoms with Gasteiger partial charge < -0.3 is 39.5 Å². The molecule has 4 aromatic carbocycles. The fraction of sp³-hybridized carbons (Fsp3) is 0.225. The summed E-state index contributed by atoms with van der Waals surface area (Å²) in [4.78, 5) is 73.8. The van der Waals surface area contributed by atoms with Gasteiger partial charge in [0.25, 0.3) is 23.2 Å². The number of nitrogens with zero attached hydrogens (tertiary/aromatic N) is 4. The second-order valence-corrected chi connectivity index (χ2v) is 18.6. The summed E-state index contributed by atoms with van der Waals surface area (Å²) in [5.41, 5.74) is -1.23. The molecule has 4 N–H and O–H groups in total. The Bertz CT molecular complexity index is 2660. The van der Waals surface area contributed by atoms with Gasteiger partial charge in [-0.3, -0.25) is 29.8 Å². The monoisotopic (exact) mass is 1220 g/mol. The SMILES string of the molecule is COC(=O)Cl.COC(=O)N[C@H]1CCOc2c(C(=O)Nc3ccc(F)c(F)c3)cc([N+](=O)[O-])cc21.IC(I)n1ccnc1.O=C(Nc1ccc(F)c(F)c1)c1cc([N+](=O)[O-])cc2c1OCC[C@@H]2NCl. The van der Waals surface area contributed by atoms with Crippen LogP contribution in [0.3, 0.4) is 0 Å². The van der Waals surface area contributed by atoms with Crippen LogP contribution in [0, 0.1) is 43.5 Å². The summed E-state index contributed by atoms with van der Waals surface area (Å²) < 4.78 is 74.8. The first-order chi connectivity index (χ1) is 32.3. The van der Waals surface area contributed by atoms with Crippen molar-refractivity contribution in [1.82, 2.24) is 19.7 Å². The minimum Gasteiger partial charge on any atom is -0.492 e. The zero-order valence-corrected chi connectivity index (χ0v) is 40.6. The maximum atomic E-state index is 13.4. The summed E-state index contributed by atoms with van der Waals surface area (Å²) in [6.07, 6.45) is 5.55. The highest BCUT2D eigenvalue weighted by Gasteiger charge is 2.32. The fourth-order valence-electron chi connectivity index (χ4n) is 5.92. The molecular formula is C40H34Cl2F4I2N8O12. The van der Waals surface area contributed by atoms with E-state index in [-0.39, 0.29) is 58.5 Å². The third kappa shape index (κ3) is 15.2. The first-order valence-corrected chi connectivity index (χ1v) is 22.2. The number of anilines is 2. The Labute approximate surface area is 419 Å². The molecule has 28 heteroatoms. The van der Waals surface area contributed by atoms with Gasteiger partial charge in [-0.2, -0.15) is 0 Å². The van der Waals surface area contributed by atoms with E-state index in [9.17, 15) is 57.0 Å². The molecule has 68 heavy (non-hydrogen) atoms. The van der Waals surface area contributed by atoms with Crippen molar-refractivity contribution in [2.45, 2.75) is 27.0 Å². The molecule has 2 aliphatic heterocycles. The van der Waals surface area contributed by atoms with Crippen LogP contribution >= 0.6 is 68.6 Å². The molecule has 2 atom stereocenters. The van der Waals surface area contributed by atoms with Crippen LogP contribution in [-0.2, 0) is 9.47 Å². The highest BCUT2D eigenvalue weighted by Crippen LogP contribution is 2.40. The van der Waals surface area contributed by atoms with E-state index in [0.29, 0.717) is 20.5 Å². The Morgan fingerprint density at radius 3 is 1.57 bits per heavy atom. The summed E-state index contributed by atoms with van der Waals surface area (Å²) in [6, 6.07) is 9.02. The molecule has 0 saturated carbocycles. The number of alkyl carbamates (subject to hydrolysis) is 1. The quantitative estimate of drug-likeness (QED) is 0.0204. The van der Waals surface area contributed by atoms with Gasteiger partial charge in [-0.15, -0.1) is 0 Å². The molecule has 1 aromatic heterocycles. The van der Waals surface area contributed by atoms with Crippen molar-refractivity contribution >= 4 is 115 Å². The maximum Gasteiger partial charge on any atom is 0.407 e. The molecule has 0 unspecified atom stereocenters. The third-order valence-corrected chi connectivity index (χ3v) is 10.8. The highest BCUT2D eigenvalue weighted by atomic mass is 127. The maximum absolute atomic E-state index is 13.4. The molecule has 0 saturated heterocycles. The highest BCUT2D eigenvalue weighted by molar-refractivity contribution is 14.2. The smallest absolute Gasteiger partial charge is 0.407 e. The largest absolute Gasteiger partial charge is 0.492 e. The van der Waals surface area contributed by atoms with Crippen LogP contribution in [0.2, 0.25) is 0 Å². The number of carbonyl (C=O) groups excluding carboxylic acids is 4. The Morgan fingerprint density at radius 1 is 0.765 bits per heavy atom. The Kier molecular flexibility index (Phi) is 20.7. The van der Waals surface area contributed by atoms with Crippen LogP contribution in [0.15, 0.2) is 79.4 Å². The number of aromatic nitrogens is 2. The molecule has 0 bridgehead atoms. The number of halogens is 8. The number of hydrogen-bond donors (Lipinski definition) is 4. The number of fused-ring (bicyclic) bond motifs is 2. The van der Waals surface area contributed by atoms with Gasteiger partial charge in [0.05, 0.1) is 66.8 Å². The third-order valence-electron chi connectivity index (χ3n) is 9.05. The number of amides is 3. The Hall–Kier alpha value is -6.11. The van der Waals surface area contributed by atoms with Crippen molar-refractivity contribution in [2.75, 3.05) is 38.1 Å². The number of ether oxygens (including phenoxy) is 4. The van der Waals surface area contributed by atoms with Crippen molar-refractivity contribution < 1.29 is 65.5 Å². The summed E-state index contributed by atoms with van der Waals surface area (Å²) in [6.45, 7) is 0.381. The molecule has 0 fully saturated rings. The van der Waals surface area contributed by atoms with Crippen LogP contribution in [0.1, 0.15) is 58.8 Å². The van der Waals surface area contributed by atoms with Gasteiger partial charge in [-0.25, -0.2) is 37.0 Å². The molecule has 0 aliphatic carbocycles. The van der Waals surface area contributed by atoms with E-state index in [0.717, 1.165) is 42.5 Å². The first-order valence-electron chi connectivity index (χ1n) is 18.9. The van der Waals surface area contributed by atoms with Crippen molar-refractivity contribution in [3.63, 3.8) is 0 Å². The molecule has 3 heterocycles. The molecule has 3 amide bonds. The average molecular weight is 1220 g/mol. The average Bonchev–Trinajstić information content (AvgIpc) is 3.87. The van der Waals surface area contributed by atoms with E-state index in [1.165, 1.54) is 32.4 Å². The number of benzene rings is 4. The van der Waals surface area contributed by atoms with Gasteiger partial charge in [0.1, 0.15) is 13.6 Å². The number of methoxy groups -OCH3 is 2. The van der Waals surface area contributed by atoms with Gasteiger partial charge in [0, 0.05) is 95.7 Å². The van der Waals surface area contributed by atoms with Crippen molar-refractivity contribution in [3.05, 3.63) is 145 Å². The van der Waals surface area contributed by atoms with E-state index in [1.807, 2.05) is 17.1 Å². The normalized spacial score (nSPS) is 14.1. The summed E-state index contributed by atoms with van der Waals surface area (Å²) in [5, 5.41) is 29.8. The zero-order valence-electron chi connectivity index (χ0n) is 34.8. The number of nitro groups is 2. The van der Waals surface area contributed by atoms with Gasteiger partial charge in [-0.1, -0.05) is 0 Å². The number of alkyl halides is 2. The molecule has 5 aromatic rings. The van der Waals surface area contributed by atoms with Crippen LogP contribution in [0.4, 0.5) is 49.9 Å². The van der Waals surface area contributed by atoms with Crippen LogP contribution in [0.25, 0.3) is 0 Å². The van der Waals surface area contributed by atoms with Gasteiger partial charge in [0.2, 0.25) is 0 Å². The fourth-order valence-corrected chi connectivity index (χ4v) is 6.81. The molecule has 0 spiro atoms. The molecule has 362 valence electrons. The first kappa shape index (κ1) is 54.5. The lowest BCUT2D eigenvalue weighted by Gasteiger charge is -2.27. The molecule has 7 rings (SSSR count). The predicted octanol–water partition coefficient (Wildman–Crippen LogP) is 10.2.